The van der Waals surface area contributed by atoms with Gasteiger partial charge in [0, 0.05) is 12.5 Å². The van der Waals surface area contributed by atoms with Crippen LogP contribution < -0.4 is 17.0 Å². The Morgan fingerprint density at radius 1 is 0.885 bits per heavy atom. The molecule has 1 atom stereocenters. The van der Waals surface area contributed by atoms with E-state index in [0.717, 1.165) is 11.0 Å². The van der Waals surface area contributed by atoms with Gasteiger partial charge < -0.3 is 21.7 Å². The lowest BCUT2D eigenvalue weighted by molar-refractivity contribution is -0.932. The van der Waals surface area contributed by atoms with Crippen LogP contribution in [0.2, 0.25) is 0 Å². The van der Waals surface area contributed by atoms with Gasteiger partial charge in [-0.2, -0.15) is 0 Å². The molecule has 0 aromatic heterocycles. The SMILES string of the molecule is C=C(C)C(=O)OC(C)[N+](C)(C)CCCCCCCCCCCCCC.[Br-]. The van der Waals surface area contributed by atoms with Crippen LogP contribution in [-0.2, 0) is 9.53 Å². The highest BCUT2D eigenvalue weighted by molar-refractivity contribution is 5.86. The molecule has 0 N–H and O–H groups in total. The quantitative estimate of drug-likeness (QED) is 0.123. The molecule has 0 aromatic rings. The Morgan fingerprint density at radius 3 is 1.65 bits per heavy atom. The third-order valence-corrected chi connectivity index (χ3v) is 5.20. The smallest absolute Gasteiger partial charge is 0.337 e. The van der Waals surface area contributed by atoms with Crippen LogP contribution in [0.15, 0.2) is 12.2 Å². The Bertz CT molecular complexity index is 369. The van der Waals surface area contributed by atoms with Gasteiger partial charge >= 0.3 is 5.97 Å². The van der Waals surface area contributed by atoms with E-state index < -0.39 is 0 Å². The largest absolute Gasteiger partial charge is 1.00 e. The van der Waals surface area contributed by atoms with Gasteiger partial charge in [0.2, 0.25) is 6.23 Å². The van der Waals surface area contributed by atoms with Crippen LogP contribution in [-0.4, -0.2) is 37.3 Å². The zero-order chi connectivity index (χ0) is 19.1. The molecule has 4 heteroatoms. The number of quaternary nitrogens is 1. The monoisotopic (exact) mass is 433 g/mol. The van der Waals surface area contributed by atoms with Gasteiger partial charge in [0.1, 0.15) is 0 Å². The first kappa shape index (κ1) is 27.9. The van der Waals surface area contributed by atoms with Crippen molar-refractivity contribution >= 4 is 5.97 Å². The first-order valence-corrected chi connectivity index (χ1v) is 10.5. The number of halogens is 1. The van der Waals surface area contributed by atoms with E-state index in [1.54, 1.807) is 6.92 Å². The van der Waals surface area contributed by atoms with E-state index in [9.17, 15) is 4.79 Å². The molecule has 0 aliphatic carbocycles. The summed E-state index contributed by atoms with van der Waals surface area (Å²) in [6, 6.07) is 0. The lowest BCUT2D eigenvalue weighted by atomic mass is 10.1. The second-order valence-corrected chi connectivity index (χ2v) is 8.18. The highest BCUT2D eigenvalue weighted by atomic mass is 79.9. The molecule has 156 valence electrons. The lowest BCUT2D eigenvalue weighted by Crippen LogP contribution is -3.00. The van der Waals surface area contributed by atoms with Crippen LogP contribution in [0.4, 0.5) is 0 Å². The third kappa shape index (κ3) is 14.8. The number of hydrogen-bond donors (Lipinski definition) is 0. The molecule has 0 rings (SSSR count). The molecule has 0 spiro atoms. The fourth-order valence-corrected chi connectivity index (χ4v) is 2.94. The van der Waals surface area contributed by atoms with Gasteiger partial charge in [-0.05, 0) is 19.8 Å². The van der Waals surface area contributed by atoms with Crippen LogP contribution in [0.1, 0.15) is 97.8 Å². The van der Waals surface area contributed by atoms with Crippen molar-refractivity contribution in [3.8, 4) is 0 Å². The summed E-state index contributed by atoms with van der Waals surface area (Å²) < 4.78 is 6.19. The first-order valence-electron chi connectivity index (χ1n) is 10.5. The van der Waals surface area contributed by atoms with Crippen LogP contribution in [0.25, 0.3) is 0 Å². The van der Waals surface area contributed by atoms with Crippen molar-refractivity contribution in [1.29, 1.82) is 0 Å². The Hall–Kier alpha value is -0.350. The third-order valence-electron chi connectivity index (χ3n) is 5.20. The van der Waals surface area contributed by atoms with E-state index >= 15 is 0 Å². The van der Waals surface area contributed by atoms with E-state index in [2.05, 4.69) is 27.6 Å². The highest BCUT2D eigenvalue weighted by Gasteiger charge is 2.26. The molecule has 1 unspecified atom stereocenters. The van der Waals surface area contributed by atoms with Gasteiger partial charge in [-0.25, -0.2) is 4.79 Å². The van der Waals surface area contributed by atoms with Gasteiger partial charge in [0.25, 0.3) is 0 Å². The average Bonchev–Trinajstić information content (AvgIpc) is 2.55. The summed E-state index contributed by atoms with van der Waals surface area (Å²) in [4.78, 5) is 11.6. The van der Waals surface area contributed by atoms with E-state index in [0.29, 0.717) is 5.57 Å². The van der Waals surface area contributed by atoms with Crippen molar-refractivity contribution in [2.75, 3.05) is 20.6 Å². The zero-order valence-electron chi connectivity index (χ0n) is 18.1. The summed E-state index contributed by atoms with van der Waals surface area (Å²) in [5.41, 5.74) is 0.470. The number of unbranched alkanes of at least 4 members (excludes halogenated alkanes) is 11. The van der Waals surface area contributed by atoms with Crippen molar-refractivity contribution in [3.63, 3.8) is 0 Å². The van der Waals surface area contributed by atoms with Crippen molar-refractivity contribution in [1.82, 2.24) is 0 Å². The average molecular weight is 435 g/mol. The van der Waals surface area contributed by atoms with Crippen molar-refractivity contribution in [2.24, 2.45) is 0 Å². The highest BCUT2D eigenvalue weighted by Crippen LogP contribution is 2.15. The van der Waals surface area contributed by atoms with Crippen LogP contribution in [0.5, 0.6) is 0 Å². The number of hydrogen-bond acceptors (Lipinski definition) is 2. The number of rotatable bonds is 16. The van der Waals surface area contributed by atoms with Crippen molar-refractivity contribution in [3.05, 3.63) is 12.2 Å². The van der Waals surface area contributed by atoms with Gasteiger partial charge in [0.05, 0.1) is 20.6 Å². The van der Waals surface area contributed by atoms with E-state index in [1.807, 2.05) is 6.92 Å². The topological polar surface area (TPSA) is 26.3 Å². The molecule has 0 saturated heterocycles. The predicted molar refractivity (Wildman–Crippen MR) is 108 cm³/mol. The summed E-state index contributed by atoms with van der Waals surface area (Å²) in [6.45, 7) is 10.6. The number of carbonyl (C=O) groups excluding carboxylic acids is 1. The van der Waals surface area contributed by atoms with Gasteiger partial charge in [-0.1, -0.05) is 77.7 Å². The minimum absolute atomic E-state index is 0. The molecule has 0 aromatic carbocycles. The molecule has 26 heavy (non-hydrogen) atoms. The molecule has 0 aliphatic heterocycles. The number of ether oxygens (including phenoxy) is 1. The maximum Gasteiger partial charge on any atom is 0.337 e. The lowest BCUT2D eigenvalue weighted by Gasteiger charge is -2.35. The number of esters is 1. The summed E-state index contributed by atoms with van der Waals surface area (Å²) in [5.74, 6) is -0.284. The van der Waals surface area contributed by atoms with Gasteiger partial charge in [-0.3, -0.25) is 4.48 Å². The molecule has 0 amide bonds. The van der Waals surface area contributed by atoms with Crippen LogP contribution in [0, 0.1) is 0 Å². The summed E-state index contributed by atoms with van der Waals surface area (Å²) in [5, 5.41) is 0. The molecular formula is C22H44BrNO2. The maximum atomic E-state index is 11.6. The van der Waals surface area contributed by atoms with Crippen molar-refractivity contribution < 1.29 is 31.0 Å². The minimum Gasteiger partial charge on any atom is -1.00 e. The normalized spacial score (nSPS) is 12.3. The molecule has 0 saturated carbocycles. The molecule has 0 fully saturated rings. The van der Waals surface area contributed by atoms with E-state index in [1.165, 1.54) is 77.0 Å². The Morgan fingerprint density at radius 2 is 1.27 bits per heavy atom. The summed E-state index contributed by atoms with van der Waals surface area (Å²) >= 11 is 0. The van der Waals surface area contributed by atoms with E-state index in [4.69, 9.17) is 4.74 Å². The fraction of sp³-hybridized carbons (Fsp3) is 0.864. The molecule has 3 nitrogen and oxygen atoms in total. The standard InChI is InChI=1S/C22H44NO2.BrH/c1-7-8-9-10-11-12-13-14-15-16-17-18-19-23(5,6)21(4)25-22(24)20(2)3;/h21H,2,7-19H2,1,3-6H3;1H/q+1;/p-1. The molecule has 0 aliphatic rings. The zero-order valence-corrected chi connectivity index (χ0v) is 19.7. The Balaban J connectivity index is 0. The molecule has 0 heterocycles. The Kier molecular flexibility index (Phi) is 18.0. The van der Waals surface area contributed by atoms with Crippen molar-refractivity contribution in [2.45, 2.75) is 104 Å². The van der Waals surface area contributed by atoms with Gasteiger partial charge in [0.15, 0.2) is 0 Å². The van der Waals surface area contributed by atoms with Crippen LogP contribution in [0.3, 0.4) is 0 Å². The molecule has 0 bridgehead atoms. The maximum absolute atomic E-state index is 11.6. The minimum atomic E-state index is -0.284. The van der Waals surface area contributed by atoms with E-state index in [-0.39, 0.29) is 29.2 Å². The molecular weight excluding hydrogens is 390 g/mol. The Labute approximate surface area is 173 Å². The van der Waals surface area contributed by atoms with Crippen LogP contribution >= 0.6 is 0 Å². The fourth-order valence-electron chi connectivity index (χ4n) is 2.94. The summed E-state index contributed by atoms with van der Waals surface area (Å²) in [6.07, 6.45) is 16.3. The number of carbonyl (C=O) groups is 1. The summed E-state index contributed by atoms with van der Waals surface area (Å²) in [7, 11) is 4.27. The second-order valence-electron chi connectivity index (χ2n) is 8.18. The predicted octanol–water partition coefficient (Wildman–Crippen LogP) is 3.23. The first-order chi connectivity index (χ1) is 11.8. The molecule has 0 radical (unpaired) electrons. The number of nitrogens with zero attached hydrogens (tertiary/aromatic N) is 1. The second kappa shape index (κ2) is 16.8. The van der Waals surface area contributed by atoms with Gasteiger partial charge in [-0.15, -0.1) is 0 Å².